The van der Waals surface area contributed by atoms with Crippen LogP contribution in [-0.2, 0) is 21.3 Å². The summed E-state index contributed by atoms with van der Waals surface area (Å²) in [5.74, 6) is -1.40. The Morgan fingerprint density at radius 3 is 1.88 bits per heavy atom. The van der Waals surface area contributed by atoms with Crippen LogP contribution in [0.1, 0.15) is 28.1 Å². The summed E-state index contributed by atoms with van der Waals surface area (Å²) in [6.45, 7) is 3.40. The van der Waals surface area contributed by atoms with Gasteiger partial charge in [-0.1, -0.05) is 42.5 Å². The van der Waals surface area contributed by atoms with E-state index in [4.69, 9.17) is 9.47 Å². The predicted molar refractivity (Wildman–Crippen MR) is 109 cm³/mol. The predicted octanol–water partition coefficient (Wildman–Crippen LogP) is 4.53. The van der Waals surface area contributed by atoms with Gasteiger partial charge in [0.2, 0.25) is 6.10 Å². The van der Waals surface area contributed by atoms with E-state index in [1.165, 1.54) is 19.2 Å². The minimum absolute atomic E-state index is 0.163. The van der Waals surface area contributed by atoms with Gasteiger partial charge >= 0.3 is 18.2 Å². The van der Waals surface area contributed by atoms with Crippen LogP contribution >= 0.6 is 0 Å². The van der Waals surface area contributed by atoms with Gasteiger partial charge in [-0.25, -0.2) is 14.8 Å². The number of ether oxygens (including phenoxy) is 2. The van der Waals surface area contributed by atoms with Crippen LogP contribution in [0.15, 0.2) is 60.7 Å². The van der Waals surface area contributed by atoms with E-state index in [1.54, 1.807) is 50.2 Å². The maximum atomic E-state index is 13.1. The Kier molecular flexibility index (Phi) is 6.50. The molecular weight excluding hydrogens is 425 g/mol. The lowest BCUT2D eigenvalue weighted by atomic mass is 9.80. The van der Waals surface area contributed by atoms with Crippen LogP contribution in [0, 0.1) is 13.8 Å². The zero-order valence-corrected chi connectivity index (χ0v) is 17.6. The van der Waals surface area contributed by atoms with Crippen molar-refractivity contribution in [3.8, 4) is 6.01 Å². The van der Waals surface area contributed by atoms with Gasteiger partial charge in [-0.05, 0) is 43.2 Å². The van der Waals surface area contributed by atoms with Crippen LogP contribution in [0.4, 0.5) is 13.2 Å². The number of carbonyl (C=O) groups is 1. The van der Waals surface area contributed by atoms with E-state index in [9.17, 15) is 23.1 Å². The first-order valence-electron chi connectivity index (χ1n) is 9.58. The Morgan fingerprint density at radius 1 is 0.906 bits per heavy atom. The minimum Gasteiger partial charge on any atom is -0.478 e. The second-order valence-electron chi connectivity index (χ2n) is 7.15. The molecule has 0 saturated heterocycles. The van der Waals surface area contributed by atoms with E-state index >= 15 is 0 Å². The first-order chi connectivity index (χ1) is 15.1. The monoisotopic (exact) mass is 446 g/mol. The highest BCUT2D eigenvalue weighted by molar-refractivity contribution is 5.76. The number of alkyl halides is 3. The summed E-state index contributed by atoms with van der Waals surface area (Å²) < 4.78 is 50.8. The number of rotatable bonds is 7. The molecule has 6 nitrogen and oxygen atoms in total. The summed E-state index contributed by atoms with van der Waals surface area (Å²) in [7, 11) is 1.27. The molecule has 0 aliphatic carbocycles. The average Bonchev–Trinajstić information content (AvgIpc) is 2.73. The molecule has 0 saturated carbocycles. The molecule has 0 fully saturated rings. The molecule has 3 aromatic rings. The van der Waals surface area contributed by atoms with E-state index in [2.05, 4.69) is 9.97 Å². The maximum Gasteiger partial charge on any atom is 0.416 e. The Hall–Kier alpha value is -3.46. The number of carboxylic acid groups (broad SMARTS) is 1. The topological polar surface area (TPSA) is 81.5 Å². The summed E-state index contributed by atoms with van der Waals surface area (Å²) in [5, 5.41) is 10.1. The fourth-order valence-corrected chi connectivity index (χ4v) is 3.56. The quantitative estimate of drug-likeness (QED) is 0.574. The second kappa shape index (κ2) is 8.96. The van der Waals surface area contributed by atoms with Crippen molar-refractivity contribution in [1.82, 2.24) is 9.97 Å². The zero-order valence-electron chi connectivity index (χ0n) is 17.6. The van der Waals surface area contributed by atoms with Crippen molar-refractivity contribution in [1.29, 1.82) is 0 Å². The summed E-state index contributed by atoms with van der Waals surface area (Å²) in [6, 6.07) is 13.9. The van der Waals surface area contributed by atoms with Gasteiger partial charge in [0.05, 0.1) is 5.56 Å². The zero-order chi connectivity index (χ0) is 23.5. The van der Waals surface area contributed by atoms with Crippen LogP contribution in [0.3, 0.4) is 0 Å². The highest BCUT2D eigenvalue weighted by atomic mass is 19.4. The van der Waals surface area contributed by atoms with Gasteiger partial charge in [0.25, 0.3) is 0 Å². The van der Waals surface area contributed by atoms with Gasteiger partial charge in [0.15, 0.2) is 5.60 Å². The number of aromatic nitrogens is 2. The molecule has 1 heterocycles. The first kappa shape index (κ1) is 23.2. The lowest BCUT2D eigenvalue weighted by Gasteiger charge is -2.37. The number of hydrogen-bond donors (Lipinski definition) is 1. The summed E-state index contributed by atoms with van der Waals surface area (Å²) in [6.07, 6.45) is -6.26. The normalized spacial score (nSPS) is 14.4. The van der Waals surface area contributed by atoms with Gasteiger partial charge in [-0.15, -0.1) is 0 Å². The third kappa shape index (κ3) is 4.57. The fraction of sp³-hybridized carbons (Fsp3) is 0.261. The molecule has 0 unspecified atom stereocenters. The highest BCUT2D eigenvalue weighted by Gasteiger charge is 2.49. The number of carboxylic acids is 1. The minimum atomic E-state index is -4.54. The van der Waals surface area contributed by atoms with Gasteiger partial charge in [0, 0.05) is 18.5 Å². The van der Waals surface area contributed by atoms with Crippen LogP contribution in [0.2, 0.25) is 0 Å². The summed E-state index contributed by atoms with van der Waals surface area (Å²) in [5.41, 5.74) is -0.999. The third-order valence-corrected chi connectivity index (χ3v) is 4.94. The van der Waals surface area contributed by atoms with Crippen LogP contribution in [0.5, 0.6) is 6.01 Å². The van der Waals surface area contributed by atoms with Crippen molar-refractivity contribution in [2.75, 3.05) is 7.11 Å². The number of aryl methyl sites for hydroxylation is 2. The van der Waals surface area contributed by atoms with Gasteiger partial charge in [0.1, 0.15) is 0 Å². The Morgan fingerprint density at radius 2 is 1.41 bits per heavy atom. The molecule has 0 amide bonds. The molecule has 3 rings (SSSR count). The largest absolute Gasteiger partial charge is 0.478 e. The van der Waals surface area contributed by atoms with E-state index in [0.29, 0.717) is 17.0 Å². The van der Waals surface area contributed by atoms with Gasteiger partial charge in [-0.2, -0.15) is 13.2 Å². The molecule has 0 aliphatic rings. The number of benzene rings is 2. The molecule has 2 atom stereocenters. The van der Waals surface area contributed by atoms with Crippen molar-refractivity contribution in [3.05, 3.63) is 88.7 Å². The summed E-state index contributed by atoms with van der Waals surface area (Å²) >= 11 is 0. The lowest BCUT2D eigenvalue weighted by Crippen LogP contribution is -2.50. The molecule has 0 aliphatic heterocycles. The van der Waals surface area contributed by atoms with Crippen molar-refractivity contribution < 1.29 is 32.5 Å². The molecule has 0 radical (unpaired) electrons. The molecule has 9 heteroatoms. The number of hydrogen-bond acceptors (Lipinski definition) is 5. The van der Waals surface area contributed by atoms with Crippen LogP contribution in [0.25, 0.3) is 0 Å². The van der Waals surface area contributed by atoms with Crippen LogP contribution in [-0.4, -0.2) is 34.3 Å². The van der Waals surface area contributed by atoms with Gasteiger partial charge in [-0.3, -0.25) is 0 Å². The van der Waals surface area contributed by atoms with Gasteiger partial charge < -0.3 is 14.6 Å². The first-order valence-corrected chi connectivity index (χ1v) is 9.58. The molecular formula is C23H21F3N2O4. The third-order valence-electron chi connectivity index (χ3n) is 4.94. The lowest BCUT2D eigenvalue weighted by molar-refractivity contribution is -0.160. The van der Waals surface area contributed by atoms with E-state index in [1.807, 2.05) is 0 Å². The number of methoxy groups -OCH3 is 1. The van der Waals surface area contributed by atoms with Crippen molar-refractivity contribution in [2.45, 2.75) is 31.7 Å². The fourth-order valence-electron chi connectivity index (χ4n) is 3.56. The molecule has 1 N–H and O–H groups in total. The molecule has 32 heavy (non-hydrogen) atoms. The Balaban J connectivity index is 2.21. The molecule has 2 aromatic carbocycles. The number of nitrogens with zero attached hydrogens (tertiary/aromatic N) is 2. The average molecular weight is 446 g/mol. The number of aliphatic carboxylic acids is 1. The SMILES string of the molecule is CO[C@@](c1ccccc1)(c1ccc(C(F)(F)F)cc1)[C@H](Oc1nc(C)cc(C)n1)C(=O)O. The number of halogens is 3. The smallest absolute Gasteiger partial charge is 0.416 e. The van der Waals surface area contributed by atoms with Crippen molar-refractivity contribution in [3.63, 3.8) is 0 Å². The highest BCUT2D eigenvalue weighted by Crippen LogP contribution is 2.40. The maximum absolute atomic E-state index is 13.1. The van der Waals surface area contributed by atoms with E-state index in [0.717, 1.165) is 12.1 Å². The van der Waals surface area contributed by atoms with Crippen molar-refractivity contribution in [2.24, 2.45) is 0 Å². The molecule has 0 spiro atoms. The second-order valence-corrected chi connectivity index (χ2v) is 7.15. The molecule has 1 aromatic heterocycles. The molecule has 168 valence electrons. The van der Waals surface area contributed by atoms with E-state index < -0.39 is 29.4 Å². The summed E-state index contributed by atoms with van der Waals surface area (Å²) in [4.78, 5) is 20.7. The molecule has 0 bridgehead atoms. The Labute approximate surface area is 182 Å². The van der Waals surface area contributed by atoms with Crippen LogP contribution < -0.4 is 4.74 Å². The standard InChI is InChI=1S/C23H21F3N2O4/c1-14-13-15(2)28-21(27-14)32-19(20(29)30)22(31-3,16-7-5-4-6-8-16)17-9-11-18(12-10-17)23(24,25)26/h4-13,19H,1-3H3,(H,29,30)/t19-,22+/m1/s1. The van der Waals surface area contributed by atoms with Crippen molar-refractivity contribution >= 4 is 5.97 Å². The van der Waals surface area contributed by atoms with E-state index in [-0.39, 0.29) is 11.6 Å². The Bertz CT molecular complexity index is 1070.